The summed E-state index contributed by atoms with van der Waals surface area (Å²) in [5.41, 5.74) is 2.78. The number of aromatic nitrogens is 1. The smallest absolute Gasteiger partial charge is 0.230 e. The Morgan fingerprint density at radius 3 is 2.59 bits per heavy atom. The molecule has 0 saturated carbocycles. The number of nitrogens with zero attached hydrogens (tertiary/aromatic N) is 3. The molecule has 2 amide bonds. The number of rotatable bonds is 6. The highest BCUT2D eigenvalue weighted by Crippen LogP contribution is 2.36. The van der Waals surface area contributed by atoms with Crippen LogP contribution in [0.1, 0.15) is 38.2 Å². The van der Waals surface area contributed by atoms with Crippen molar-refractivity contribution < 1.29 is 9.59 Å². The molecule has 3 rings (SSSR count). The first-order chi connectivity index (χ1) is 13.9. The number of pyridine rings is 1. The maximum absolute atomic E-state index is 13.3. The van der Waals surface area contributed by atoms with Gasteiger partial charge in [-0.1, -0.05) is 31.2 Å². The van der Waals surface area contributed by atoms with E-state index in [2.05, 4.69) is 23.2 Å². The van der Waals surface area contributed by atoms with Crippen molar-refractivity contribution in [2.24, 2.45) is 5.41 Å². The van der Waals surface area contributed by atoms with Crippen molar-refractivity contribution in [2.75, 3.05) is 27.2 Å². The lowest BCUT2D eigenvalue weighted by Gasteiger charge is -2.43. The fourth-order valence-electron chi connectivity index (χ4n) is 4.38. The Bertz CT molecular complexity index is 850. The quantitative estimate of drug-likeness (QED) is 0.750. The average molecular weight is 394 g/mol. The summed E-state index contributed by atoms with van der Waals surface area (Å²) in [5, 5.41) is 0. The van der Waals surface area contributed by atoms with E-state index in [1.54, 1.807) is 17.3 Å². The van der Waals surface area contributed by atoms with Gasteiger partial charge in [0.25, 0.3) is 0 Å². The van der Waals surface area contributed by atoms with Gasteiger partial charge in [-0.05, 0) is 54.5 Å². The average Bonchev–Trinajstić information content (AvgIpc) is 2.74. The minimum atomic E-state index is -0.567. The predicted molar refractivity (Wildman–Crippen MR) is 115 cm³/mol. The van der Waals surface area contributed by atoms with Gasteiger partial charge >= 0.3 is 0 Å². The standard InChI is InChI=1S/C24H31N3O2/c1-4-7-22(28)27-15-6-12-24(18-27,23(29)26(2)3)17-19-8-5-9-21(16-19)20-10-13-25-14-11-20/h5,8-11,13-14,16H,4,6-7,12,15,17-18H2,1-3H3/t24-/m1/s1. The molecular weight excluding hydrogens is 362 g/mol. The van der Waals surface area contributed by atoms with Crippen LogP contribution < -0.4 is 0 Å². The first-order valence-electron chi connectivity index (χ1n) is 10.4. The molecule has 1 aliphatic heterocycles. The second-order valence-electron chi connectivity index (χ2n) is 8.26. The van der Waals surface area contributed by atoms with Crippen LogP contribution in [-0.2, 0) is 16.0 Å². The van der Waals surface area contributed by atoms with Crippen LogP contribution >= 0.6 is 0 Å². The van der Waals surface area contributed by atoms with Crippen LogP contribution in [0.15, 0.2) is 48.8 Å². The molecule has 0 unspecified atom stereocenters. The molecule has 0 aliphatic carbocycles. The summed E-state index contributed by atoms with van der Waals surface area (Å²) >= 11 is 0. The molecule has 1 aromatic heterocycles. The molecule has 0 bridgehead atoms. The van der Waals surface area contributed by atoms with E-state index in [4.69, 9.17) is 0 Å². The number of carbonyl (C=O) groups excluding carboxylic acids is 2. The van der Waals surface area contributed by atoms with Crippen molar-refractivity contribution >= 4 is 11.8 Å². The predicted octanol–water partition coefficient (Wildman–Crippen LogP) is 3.79. The molecule has 154 valence electrons. The Balaban J connectivity index is 1.90. The molecule has 1 aromatic carbocycles. The summed E-state index contributed by atoms with van der Waals surface area (Å²) in [6.45, 7) is 3.27. The lowest BCUT2D eigenvalue weighted by Crippen LogP contribution is -2.54. The van der Waals surface area contributed by atoms with Crippen molar-refractivity contribution in [1.82, 2.24) is 14.8 Å². The van der Waals surface area contributed by atoms with E-state index in [0.717, 1.165) is 42.5 Å². The lowest BCUT2D eigenvalue weighted by atomic mass is 9.73. The van der Waals surface area contributed by atoms with E-state index in [1.165, 1.54) is 0 Å². The minimum absolute atomic E-state index is 0.112. The van der Waals surface area contributed by atoms with Gasteiger partial charge in [0, 0.05) is 46.0 Å². The summed E-state index contributed by atoms with van der Waals surface area (Å²) in [6, 6.07) is 12.4. The van der Waals surface area contributed by atoms with E-state index < -0.39 is 5.41 Å². The molecule has 2 aromatic rings. The van der Waals surface area contributed by atoms with Gasteiger partial charge in [-0.15, -0.1) is 0 Å². The zero-order chi connectivity index (χ0) is 20.9. The van der Waals surface area contributed by atoms with Crippen molar-refractivity contribution in [3.05, 3.63) is 54.4 Å². The van der Waals surface area contributed by atoms with Crippen molar-refractivity contribution in [1.29, 1.82) is 0 Å². The normalized spacial score (nSPS) is 19.1. The first-order valence-corrected chi connectivity index (χ1v) is 10.4. The highest BCUT2D eigenvalue weighted by Gasteiger charge is 2.44. The largest absolute Gasteiger partial charge is 0.348 e. The fraction of sp³-hybridized carbons (Fsp3) is 0.458. The third-order valence-electron chi connectivity index (χ3n) is 5.74. The summed E-state index contributed by atoms with van der Waals surface area (Å²) < 4.78 is 0. The molecule has 0 N–H and O–H groups in total. The highest BCUT2D eigenvalue weighted by molar-refractivity contribution is 5.85. The number of benzene rings is 1. The number of amides is 2. The molecule has 0 spiro atoms. The molecule has 5 nitrogen and oxygen atoms in total. The summed E-state index contributed by atoms with van der Waals surface area (Å²) in [6.07, 6.45) is 7.26. The molecule has 1 fully saturated rings. The third kappa shape index (κ3) is 4.84. The van der Waals surface area contributed by atoms with Gasteiger partial charge in [0.1, 0.15) is 0 Å². The van der Waals surface area contributed by atoms with E-state index >= 15 is 0 Å². The van der Waals surface area contributed by atoms with Crippen LogP contribution in [-0.4, -0.2) is 53.8 Å². The number of likely N-dealkylation sites (tertiary alicyclic amines) is 1. The highest BCUT2D eigenvalue weighted by atomic mass is 16.2. The SMILES string of the molecule is CCCC(=O)N1CCC[C@](Cc2cccc(-c3ccncc3)c2)(C(=O)N(C)C)C1. The number of hydrogen-bond acceptors (Lipinski definition) is 3. The van der Waals surface area contributed by atoms with Gasteiger partial charge in [0.05, 0.1) is 5.41 Å². The first kappa shape index (κ1) is 21.0. The summed E-state index contributed by atoms with van der Waals surface area (Å²) in [7, 11) is 3.62. The van der Waals surface area contributed by atoms with Gasteiger partial charge in [0.2, 0.25) is 11.8 Å². The number of hydrogen-bond donors (Lipinski definition) is 0. The Labute approximate surface area is 173 Å². The molecule has 5 heteroatoms. The van der Waals surface area contributed by atoms with E-state index in [0.29, 0.717) is 19.4 Å². The zero-order valence-corrected chi connectivity index (χ0v) is 17.7. The molecule has 0 radical (unpaired) electrons. The second kappa shape index (κ2) is 9.21. The van der Waals surface area contributed by atoms with E-state index in [-0.39, 0.29) is 11.8 Å². The van der Waals surface area contributed by atoms with Crippen molar-refractivity contribution in [2.45, 2.75) is 39.0 Å². The Kier molecular flexibility index (Phi) is 6.68. The second-order valence-corrected chi connectivity index (χ2v) is 8.26. The van der Waals surface area contributed by atoms with Gasteiger partial charge in [-0.2, -0.15) is 0 Å². The topological polar surface area (TPSA) is 53.5 Å². The molecule has 29 heavy (non-hydrogen) atoms. The molecule has 1 saturated heterocycles. The Morgan fingerprint density at radius 1 is 1.14 bits per heavy atom. The van der Waals surface area contributed by atoms with Gasteiger partial charge in [-0.25, -0.2) is 0 Å². The van der Waals surface area contributed by atoms with Crippen LogP contribution in [0.3, 0.4) is 0 Å². The fourth-order valence-corrected chi connectivity index (χ4v) is 4.38. The Morgan fingerprint density at radius 2 is 1.90 bits per heavy atom. The summed E-state index contributed by atoms with van der Waals surface area (Å²) in [4.78, 5) is 33.5. The molecule has 1 aliphatic rings. The molecule has 2 heterocycles. The van der Waals surface area contributed by atoms with Crippen molar-refractivity contribution in [3.63, 3.8) is 0 Å². The van der Waals surface area contributed by atoms with E-state index in [1.807, 2.05) is 44.1 Å². The van der Waals surface area contributed by atoms with Crippen LogP contribution in [0.2, 0.25) is 0 Å². The zero-order valence-electron chi connectivity index (χ0n) is 17.7. The maximum atomic E-state index is 13.3. The van der Waals surface area contributed by atoms with Gasteiger partial charge in [-0.3, -0.25) is 14.6 Å². The number of carbonyl (C=O) groups is 2. The summed E-state index contributed by atoms with van der Waals surface area (Å²) in [5.74, 6) is 0.273. The third-order valence-corrected chi connectivity index (χ3v) is 5.74. The number of piperidine rings is 1. The lowest BCUT2D eigenvalue weighted by molar-refractivity contribution is -0.147. The van der Waals surface area contributed by atoms with E-state index in [9.17, 15) is 9.59 Å². The Hall–Kier alpha value is -2.69. The monoisotopic (exact) mass is 393 g/mol. The van der Waals surface area contributed by atoms with Crippen LogP contribution in [0.4, 0.5) is 0 Å². The van der Waals surface area contributed by atoms with Gasteiger partial charge < -0.3 is 9.80 Å². The van der Waals surface area contributed by atoms with Crippen LogP contribution in [0.25, 0.3) is 11.1 Å². The van der Waals surface area contributed by atoms with Crippen molar-refractivity contribution in [3.8, 4) is 11.1 Å². The molecular formula is C24H31N3O2. The van der Waals surface area contributed by atoms with Gasteiger partial charge in [0.15, 0.2) is 0 Å². The van der Waals surface area contributed by atoms with Crippen LogP contribution in [0.5, 0.6) is 0 Å². The molecule has 1 atom stereocenters. The maximum Gasteiger partial charge on any atom is 0.230 e. The minimum Gasteiger partial charge on any atom is -0.348 e. The van der Waals surface area contributed by atoms with Crippen LogP contribution in [0, 0.1) is 5.41 Å².